The minimum atomic E-state index is -0.369. The van der Waals surface area contributed by atoms with Crippen molar-refractivity contribution in [1.29, 1.82) is 0 Å². The number of benzene rings is 1. The molecule has 0 amide bonds. The molecule has 0 aliphatic rings. The van der Waals surface area contributed by atoms with Gasteiger partial charge in [-0.2, -0.15) is 0 Å². The van der Waals surface area contributed by atoms with Crippen LogP contribution in [0.5, 0.6) is 0 Å². The summed E-state index contributed by atoms with van der Waals surface area (Å²) in [4.78, 5) is 18.3. The molecule has 4 heteroatoms. The van der Waals surface area contributed by atoms with Gasteiger partial charge in [0.1, 0.15) is 5.82 Å². The van der Waals surface area contributed by atoms with E-state index in [-0.39, 0.29) is 11.4 Å². The summed E-state index contributed by atoms with van der Waals surface area (Å²) < 4.78 is 13.0. The number of nitrogens with zero attached hydrogens (tertiary/aromatic N) is 1. The lowest BCUT2D eigenvalue weighted by Gasteiger charge is -2.02. The molecular weight excluding hydrogens is 207 g/mol. The van der Waals surface area contributed by atoms with Crippen LogP contribution >= 0.6 is 0 Å². The van der Waals surface area contributed by atoms with Gasteiger partial charge in [0.25, 0.3) is 5.56 Å². The number of halogens is 1. The Hall–Kier alpha value is -2.23. The van der Waals surface area contributed by atoms with E-state index < -0.39 is 0 Å². The van der Waals surface area contributed by atoms with Crippen LogP contribution in [0.3, 0.4) is 0 Å². The molecule has 0 radical (unpaired) electrons. The Morgan fingerprint density at radius 1 is 1.12 bits per heavy atom. The molecule has 2 heterocycles. The van der Waals surface area contributed by atoms with Crippen molar-refractivity contribution in [3.63, 3.8) is 0 Å². The molecular formula is C12H7FN2O. The van der Waals surface area contributed by atoms with Crippen LogP contribution in [0, 0.1) is 5.82 Å². The zero-order valence-corrected chi connectivity index (χ0v) is 8.20. The van der Waals surface area contributed by atoms with Crippen LogP contribution in [0.2, 0.25) is 0 Å². The third-order valence-corrected chi connectivity index (χ3v) is 2.59. The topological polar surface area (TPSA) is 45.8 Å². The van der Waals surface area contributed by atoms with Crippen LogP contribution < -0.4 is 5.56 Å². The van der Waals surface area contributed by atoms with Crippen LogP contribution in [-0.4, -0.2) is 9.97 Å². The van der Waals surface area contributed by atoms with E-state index in [0.717, 1.165) is 10.8 Å². The van der Waals surface area contributed by atoms with Crippen LogP contribution in [0.25, 0.3) is 21.7 Å². The summed E-state index contributed by atoms with van der Waals surface area (Å²) in [5.41, 5.74) is 0.265. The van der Waals surface area contributed by atoms with Crippen molar-refractivity contribution in [1.82, 2.24) is 9.97 Å². The second kappa shape index (κ2) is 3.13. The van der Waals surface area contributed by atoms with Gasteiger partial charge in [0, 0.05) is 23.2 Å². The Morgan fingerprint density at radius 2 is 2.00 bits per heavy atom. The summed E-state index contributed by atoms with van der Waals surface area (Å²) in [5, 5.41) is 2.10. The maximum Gasteiger partial charge on any atom is 0.256 e. The smallest absolute Gasteiger partial charge is 0.256 e. The van der Waals surface area contributed by atoms with E-state index in [1.807, 2.05) is 0 Å². The van der Waals surface area contributed by atoms with Crippen LogP contribution in [0.1, 0.15) is 0 Å². The van der Waals surface area contributed by atoms with Crippen molar-refractivity contribution in [3.05, 3.63) is 52.8 Å². The molecule has 2 aromatic heterocycles. The van der Waals surface area contributed by atoms with E-state index in [9.17, 15) is 9.18 Å². The SMILES string of the molecule is O=c1[nH]c2cc(F)ccc2c2cnccc12. The molecule has 0 atom stereocenters. The summed E-state index contributed by atoms with van der Waals surface area (Å²) in [6.07, 6.45) is 3.18. The van der Waals surface area contributed by atoms with Crippen molar-refractivity contribution in [2.75, 3.05) is 0 Å². The summed E-state index contributed by atoms with van der Waals surface area (Å²) in [6, 6.07) is 5.97. The van der Waals surface area contributed by atoms with Crippen LogP contribution in [0.4, 0.5) is 4.39 Å². The summed E-state index contributed by atoms with van der Waals surface area (Å²) in [6.45, 7) is 0. The number of nitrogens with one attached hydrogen (secondary N) is 1. The monoisotopic (exact) mass is 214 g/mol. The fraction of sp³-hybridized carbons (Fsp3) is 0. The second-order valence-corrected chi connectivity index (χ2v) is 3.57. The number of pyridine rings is 2. The van der Waals surface area contributed by atoms with Crippen molar-refractivity contribution in [3.8, 4) is 0 Å². The molecule has 0 saturated heterocycles. The molecule has 3 rings (SSSR count). The molecule has 78 valence electrons. The Morgan fingerprint density at radius 3 is 2.88 bits per heavy atom. The summed E-state index contributed by atoms with van der Waals surface area (Å²) in [7, 11) is 0. The van der Waals surface area contributed by atoms with E-state index in [0.29, 0.717) is 10.9 Å². The maximum atomic E-state index is 13.0. The molecule has 0 aliphatic heterocycles. The highest BCUT2D eigenvalue weighted by Gasteiger charge is 2.05. The molecule has 0 fully saturated rings. The van der Waals surface area contributed by atoms with Gasteiger partial charge in [-0.25, -0.2) is 4.39 Å². The quantitative estimate of drug-likeness (QED) is 0.583. The number of hydrogen-bond donors (Lipinski definition) is 1. The van der Waals surface area contributed by atoms with Crippen molar-refractivity contribution < 1.29 is 4.39 Å². The van der Waals surface area contributed by atoms with E-state index in [1.54, 1.807) is 24.5 Å². The Bertz CT molecular complexity index is 749. The Labute approximate surface area is 89.6 Å². The molecule has 0 saturated carbocycles. The number of rotatable bonds is 0. The first-order chi connectivity index (χ1) is 7.75. The van der Waals surface area contributed by atoms with Gasteiger partial charge in [-0.15, -0.1) is 0 Å². The zero-order valence-electron chi connectivity index (χ0n) is 8.20. The molecule has 0 aliphatic carbocycles. The minimum Gasteiger partial charge on any atom is -0.321 e. The Balaban J connectivity index is 2.64. The Kier molecular flexibility index (Phi) is 1.77. The average molecular weight is 214 g/mol. The zero-order chi connectivity index (χ0) is 11.1. The van der Waals surface area contributed by atoms with Gasteiger partial charge in [-0.3, -0.25) is 9.78 Å². The third kappa shape index (κ3) is 1.20. The molecule has 0 bridgehead atoms. The average Bonchev–Trinajstić information content (AvgIpc) is 2.29. The van der Waals surface area contributed by atoms with E-state index in [1.165, 1.54) is 12.1 Å². The van der Waals surface area contributed by atoms with E-state index in [2.05, 4.69) is 9.97 Å². The molecule has 0 unspecified atom stereocenters. The van der Waals surface area contributed by atoms with Gasteiger partial charge >= 0.3 is 0 Å². The molecule has 1 N–H and O–H groups in total. The highest BCUT2D eigenvalue weighted by atomic mass is 19.1. The fourth-order valence-electron chi connectivity index (χ4n) is 1.85. The van der Waals surface area contributed by atoms with Crippen molar-refractivity contribution >= 4 is 21.7 Å². The van der Waals surface area contributed by atoms with E-state index >= 15 is 0 Å². The van der Waals surface area contributed by atoms with Gasteiger partial charge < -0.3 is 4.98 Å². The van der Waals surface area contributed by atoms with E-state index in [4.69, 9.17) is 0 Å². The molecule has 16 heavy (non-hydrogen) atoms. The van der Waals surface area contributed by atoms with Gasteiger partial charge in [-0.05, 0) is 24.3 Å². The van der Waals surface area contributed by atoms with Gasteiger partial charge in [0.2, 0.25) is 0 Å². The first-order valence-corrected chi connectivity index (χ1v) is 4.81. The molecule has 3 nitrogen and oxygen atoms in total. The number of H-pyrrole nitrogens is 1. The maximum absolute atomic E-state index is 13.0. The first-order valence-electron chi connectivity index (χ1n) is 4.81. The highest BCUT2D eigenvalue weighted by Crippen LogP contribution is 2.20. The number of fused-ring (bicyclic) bond motifs is 3. The second-order valence-electron chi connectivity index (χ2n) is 3.57. The predicted octanol–water partition coefficient (Wildman–Crippen LogP) is 2.22. The fourth-order valence-corrected chi connectivity index (χ4v) is 1.85. The van der Waals surface area contributed by atoms with Crippen LogP contribution in [-0.2, 0) is 0 Å². The normalized spacial score (nSPS) is 11.1. The van der Waals surface area contributed by atoms with Crippen molar-refractivity contribution in [2.24, 2.45) is 0 Å². The minimum absolute atomic E-state index is 0.226. The molecule has 0 spiro atoms. The third-order valence-electron chi connectivity index (χ3n) is 2.59. The lowest BCUT2D eigenvalue weighted by atomic mass is 10.1. The molecule has 1 aromatic carbocycles. The summed E-state index contributed by atoms with van der Waals surface area (Å²) >= 11 is 0. The lowest BCUT2D eigenvalue weighted by molar-refractivity contribution is 0.629. The predicted molar refractivity (Wildman–Crippen MR) is 59.8 cm³/mol. The number of hydrogen-bond acceptors (Lipinski definition) is 2. The number of aromatic nitrogens is 2. The van der Waals surface area contributed by atoms with Gasteiger partial charge in [0.15, 0.2) is 0 Å². The van der Waals surface area contributed by atoms with Gasteiger partial charge in [-0.1, -0.05) is 0 Å². The lowest BCUT2D eigenvalue weighted by Crippen LogP contribution is -2.06. The first kappa shape index (κ1) is 9.03. The largest absolute Gasteiger partial charge is 0.321 e. The highest BCUT2D eigenvalue weighted by molar-refractivity contribution is 6.04. The van der Waals surface area contributed by atoms with Crippen molar-refractivity contribution in [2.45, 2.75) is 0 Å². The number of aromatic amines is 1. The molecule has 3 aromatic rings. The summed E-state index contributed by atoms with van der Waals surface area (Å²) in [5.74, 6) is -0.369. The van der Waals surface area contributed by atoms with Gasteiger partial charge in [0.05, 0.1) is 10.9 Å². The van der Waals surface area contributed by atoms with Crippen LogP contribution in [0.15, 0.2) is 41.5 Å². The standard InChI is InChI=1S/C12H7FN2O/c13-7-1-2-8-10-6-14-4-3-9(10)12(16)15-11(8)5-7/h1-6H,(H,15,16).